The summed E-state index contributed by atoms with van der Waals surface area (Å²) < 4.78 is 0. The fraction of sp³-hybridized carbons (Fsp3) is 0.263. The largest absolute Gasteiger partial charge is 0.324 e. The maximum Gasteiger partial charge on any atom is 0.255 e. The molecule has 0 aromatic heterocycles. The van der Waals surface area contributed by atoms with E-state index in [-0.39, 0.29) is 30.1 Å². The fourth-order valence-electron chi connectivity index (χ4n) is 2.21. The number of hydrogen-bond acceptors (Lipinski definition) is 3. The predicted molar refractivity (Wildman–Crippen MR) is 104 cm³/mol. The first-order valence-corrected chi connectivity index (χ1v) is 7.92. The molecule has 1 atom stereocenters. The zero-order chi connectivity index (χ0) is 17.7. The molecule has 2 aromatic rings. The lowest BCUT2D eigenvalue weighted by atomic mass is 10.0. The first-order valence-electron chi connectivity index (χ1n) is 7.92. The Morgan fingerprint density at radius 2 is 1.48 bits per heavy atom. The Morgan fingerprint density at radius 3 is 2.04 bits per heavy atom. The third kappa shape index (κ3) is 5.31. The van der Waals surface area contributed by atoms with Gasteiger partial charge in [-0.15, -0.1) is 12.4 Å². The third-order valence-electron chi connectivity index (χ3n) is 3.90. The monoisotopic (exact) mass is 361 g/mol. The van der Waals surface area contributed by atoms with Crippen LogP contribution in [0.25, 0.3) is 0 Å². The topological polar surface area (TPSA) is 84.2 Å². The molecule has 2 rings (SSSR count). The van der Waals surface area contributed by atoms with Gasteiger partial charge in [-0.1, -0.05) is 38.1 Å². The van der Waals surface area contributed by atoms with E-state index in [2.05, 4.69) is 10.6 Å². The maximum atomic E-state index is 12.3. The van der Waals surface area contributed by atoms with Gasteiger partial charge >= 0.3 is 0 Å². The summed E-state index contributed by atoms with van der Waals surface area (Å²) in [6.45, 7) is 5.64. The van der Waals surface area contributed by atoms with Crippen molar-refractivity contribution in [3.8, 4) is 0 Å². The molecule has 134 valence electrons. The molecule has 0 fully saturated rings. The fourth-order valence-corrected chi connectivity index (χ4v) is 2.21. The quantitative estimate of drug-likeness (QED) is 0.760. The van der Waals surface area contributed by atoms with Crippen LogP contribution in [0.3, 0.4) is 0 Å². The van der Waals surface area contributed by atoms with E-state index in [1.165, 1.54) is 0 Å². The van der Waals surface area contributed by atoms with Gasteiger partial charge in [0.1, 0.15) is 0 Å². The van der Waals surface area contributed by atoms with Crippen molar-refractivity contribution in [3.63, 3.8) is 0 Å². The zero-order valence-electron chi connectivity index (χ0n) is 14.6. The number of anilines is 2. The van der Waals surface area contributed by atoms with Gasteiger partial charge in [0.05, 0.1) is 6.04 Å². The van der Waals surface area contributed by atoms with Crippen LogP contribution in [0, 0.1) is 12.8 Å². The number of halogens is 1. The van der Waals surface area contributed by atoms with E-state index in [4.69, 9.17) is 5.73 Å². The number of nitrogens with one attached hydrogen (secondary N) is 2. The maximum absolute atomic E-state index is 12.3. The number of nitrogens with two attached hydrogens (primary N) is 1. The Morgan fingerprint density at radius 1 is 0.920 bits per heavy atom. The number of carbonyl (C=O) groups excluding carboxylic acids is 2. The minimum atomic E-state index is -0.577. The number of carbonyl (C=O) groups is 2. The molecule has 0 aliphatic carbocycles. The molecule has 6 heteroatoms. The Kier molecular flexibility index (Phi) is 7.61. The molecule has 0 aliphatic rings. The molecule has 2 aromatic carbocycles. The second-order valence-electron chi connectivity index (χ2n) is 6.06. The van der Waals surface area contributed by atoms with Crippen molar-refractivity contribution < 1.29 is 9.59 Å². The molecule has 0 saturated carbocycles. The molecule has 0 bridgehead atoms. The molecular weight excluding hydrogens is 338 g/mol. The van der Waals surface area contributed by atoms with Gasteiger partial charge < -0.3 is 16.4 Å². The Labute approximate surface area is 154 Å². The first kappa shape index (κ1) is 20.7. The molecule has 0 radical (unpaired) electrons. The van der Waals surface area contributed by atoms with Crippen LogP contribution in [0.1, 0.15) is 29.8 Å². The lowest BCUT2D eigenvalue weighted by Crippen LogP contribution is -2.39. The lowest BCUT2D eigenvalue weighted by molar-refractivity contribution is -0.118. The van der Waals surface area contributed by atoms with Crippen molar-refractivity contribution in [2.45, 2.75) is 26.8 Å². The highest BCUT2D eigenvalue weighted by molar-refractivity contribution is 6.05. The minimum absolute atomic E-state index is 0. The highest BCUT2D eigenvalue weighted by atomic mass is 35.5. The van der Waals surface area contributed by atoms with Crippen LogP contribution in [-0.2, 0) is 4.79 Å². The Hall–Kier alpha value is -2.37. The highest BCUT2D eigenvalue weighted by Gasteiger charge is 2.18. The van der Waals surface area contributed by atoms with E-state index >= 15 is 0 Å². The predicted octanol–water partition coefficient (Wildman–Crippen LogP) is 3.59. The second kappa shape index (κ2) is 9.20. The Bertz CT molecular complexity index is 733. The summed E-state index contributed by atoms with van der Waals surface area (Å²) in [5, 5.41) is 5.70. The van der Waals surface area contributed by atoms with E-state index in [1.807, 2.05) is 39.0 Å². The lowest BCUT2D eigenvalue weighted by Gasteiger charge is -2.18. The molecule has 0 saturated heterocycles. The van der Waals surface area contributed by atoms with Crippen LogP contribution in [0.4, 0.5) is 11.4 Å². The average molecular weight is 362 g/mol. The van der Waals surface area contributed by atoms with Crippen LogP contribution in [0.15, 0.2) is 48.5 Å². The van der Waals surface area contributed by atoms with Gasteiger partial charge in [0.25, 0.3) is 5.91 Å². The summed E-state index contributed by atoms with van der Waals surface area (Å²) in [5.41, 5.74) is 8.52. The van der Waals surface area contributed by atoms with Crippen molar-refractivity contribution in [2.75, 3.05) is 10.6 Å². The Balaban J connectivity index is 0.00000312. The summed E-state index contributed by atoms with van der Waals surface area (Å²) in [5.74, 6) is -0.382. The molecular formula is C19H24ClN3O2. The summed E-state index contributed by atoms with van der Waals surface area (Å²) in [6, 6.07) is 13.8. The number of benzene rings is 2. The van der Waals surface area contributed by atoms with E-state index in [0.29, 0.717) is 16.9 Å². The third-order valence-corrected chi connectivity index (χ3v) is 3.90. The number of rotatable bonds is 5. The summed E-state index contributed by atoms with van der Waals surface area (Å²) >= 11 is 0. The van der Waals surface area contributed by atoms with Crippen molar-refractivity contribution in [2.24, 2.45) is 11.7 Å². The van der Waals surface area contributed by atoms with Crippen molar-refractivity contribution in [1.82, 2.24) is 0 Å². The van der Waals surface area contributed by atoms with Gasteiger partial charge in [0, 0.05) is 16.9 Å². The van der Waals surface area contributed by atoms with Crippen molar-refractivity contribution >= 4 is 35.6 Å². The molecule has 0 aliphatic heterocycles. The van der Waals surface area contributed by atoms with Crippen molar-refractivity contribution in [1.29, 1.82) is 0 Å². The van der Waals surface area contributed by atoms with E-state index in [9.17, 15) is 9.59 Å². The van der Waals surface area contributed by atoms with Gasteiger partial charge in [0.2, 0.25) is 5.91 Å². The summed E-state index contributed by atoms with van der Waals surface area (Å²) in [7, 11) is 0. The van der Waals surface area contributed by atoms with Crippen LogP contribution < -0.4 is 16.4 Å². The van der Waals surface area contributed by atoms with E-state index in [0.717, 1.165) is 5.56 Å². The normalized spacial score (nSPS) is 11.4. The van der Waals surface area contributed by atoms with Gasteiger partial charge in [-0.2, -0.15) is 0 Å². The zero-order valence-corrected chi connectivity index (χ0v) is 15.4. The number of hydrogen-bond donors (Lipinski definition) is 3. The molecule has 4 N–H and O–H groups in total. The highest BCUT2D eigenvalue weighted by Crippen LogP contribution is 2.24. The van der Waals surface area contributed by atoms with Gasteiger partial charge in [0.15, 0.2) is 0 Å². The molecule has 25 heavy (non-hydrogen) atoms. The van der Waals surface area contributed by atoms with Crippen LogP contribution in [0.2, 0.25) is 0 Å². The van der Waals surface area contributed by atoms with Gasteiger partial charge in [-0.05, 0) is 42.7 Å². The number of amides is 2. The van der Waals surface area contributed by atoms with Crippen molar-refractivity contribution in [3.05, 3.63) is 59.7 Å². The standard InChI is InChI=1S/C19H23N3O2.ClH/c1-12(2)17(20)19(24)22-16-11-7-10-15(13(16)3)21-18(23)14-8-5-4-6-9-14;/h4-12,17H,20H2,1-3H3,(H,21,23)(H,22,24);1H/t17-;/m0./s1. The van der Waals surface area contributed by atoms with Crippen LogP contribution >= 0.6 is 12.4 Å². The molecule has 0 unspecified atom stereocenters. The van der Waals surface area contributed by atoms with Gasteiger partial charge in [-0.3, -0.25) is 9.59 Å². The van der Waals surface area contributed by atoms with E-state index in [1.54, 1.807) is 30.3 Å². The molecule has 0 spiro atoms. The van der Waals surface area contributed by atoms with Crippen LogP contribution in [0.5, 0.6) is 0 Å². The first-order chi connectivity index (χ1) is 11.4. The second-order valence-corrected chi connectivity index (χ2v) is 6.06. The van der Waals surface area contributed by atoms with Crippen LogP contribution in [-0.4, -0.2) is 17.9 Å². The molecule has 2 amide bonds. The smallest absolute Gasteiger partial charge is 0.255 e. The summed E-state index contributed by atoms with van der Waals surface area (Å²) in [6.07, 6.45) is 0. The SMILES string of the molecule is Cc1c(NC(=O)c2ccccc2)cccc1NC(=O)[C@@H](N)C(C)C.Cl. The van der Waals surface area contributed by atoms with Gasteiger partial charge in [-0.25, -0.2) is 0 Å². The minimum Gasteiger partial charge on any atom is -0.324 e. The average Bonchev–Trinajstić information content (AvgIpc) is 2.58. The molecule has 0 heterocycles. The summed E-state index contributed by atoms with van der Waals surface area (Å²) in [4.78, 5) is 24.4. The van der Waals surface area contributed by atoms with E-state index < -0.39 is 6.04 Å². The molecule has 5 nitrogen and oxygen atoms in total.